The summed E-state index contributed by atoms with van der Waals surface area (Å²) in [4.78, 5) is 37.2. The molecule has 3 unspecified atom stereocenters. The highest BCUT2D eigenvalue weighted by atomic mass is 16.4. The number of aliphatic hydroxyl groups excluding tert-OH is 2. The van der Waals surface area contributed by atoms with Crippen LogP contribution in [0, 0.1) is 0 Å². The summed E-state index contributed by atoms with van der Waals surface area (Å²) in [5, 5.41) is 31.4. The van der Waals surface area contributed by atoms with Crippen molar-refractivity contribution >= 4 is 17.3 Å². The lowest BCUT2D eigenvalue weighted by Crippen LogP contribution is -2.61. The fourth-order valence-electron chi connectivity index (χ4n) is 4.20. The number of ketones is 3. The van der Waals surface area contributed by atoms with Gasteiger partial charge in [-0.2, -0.15) is 0 Å². The summed E-state index contributed by atoms with van der Waals surface area (Å²) in [5.41, 5.74) is -2.73. The van der Waals surface area contributed by atoms with Gasteiger partial charge < -0.3 is 15.3 Å². The van der Waals surface area contributed by atoms with Crippen molar-refractivity contribution in [3.63, 3.8) is 0 Å². The van der Waals surface area contributed by atoms with Gasteiger partial charge in [0, 0.05) is 19.3 Å². The van der Waals surface area contributed by atoms with E-state index in [4.69, 9.17) is 0 Å². The number of aliphatic hydroxyl groups is 3. The molecular weight excluding hydrogens is 420 g/mol. The van der Waals surface area contributed by atoms with Crippen molar-refractivity contribution in [3.8, 4) is 0 Å². The van der Waals surface area contributed by atoms with Crippen LogP contribution >= 0.6 is 0 Å². The first-order valence-electron chi connectivity index (χ1n) is 13.4. The largest absolute Gasteiger partial charge is 0.386 e. The molecule has 3 N–H and O–H groups in total. The standard InChI is InChI=1S/C27H50O6/c1-4-7-8-9-10-11-12-13-14-15-16-17-18-21-24(30)27(33,23(29)20-6-3)26(32)25(31)22(28)19-5-2/h25-26,31-33H,4-21H2,1-3H3. The van der Waals surface area contributed by atoms with E-state index in [2.05, 4.69) is 6.92 Å². The van der Waals surface area contributed by atoms with Crippen LogP contribution in [0.25, 0.3) is 0 Å². The van der Waals surface area contributed by atoms with E-state index < -0.39 is 35.2 Å². The van der Waals surface area contributed by atoms with Gasteiger partial charge in [0.15, 0.2) is 17.3 Å². The number of hydrogen-bond acceptors (Lipinski definition) is 6. The normalized spacial score (nSPS) is 15.1. The predicted molar refractivity (Wildman–Crippen MR) is 132 cm³/mol. The zero-order valence-electron chi connectivity index (χ0n) is 21.4. The smallest absolute Gasteiger partial charge is 0.210 e. The van der Waals surface area contributed by atoms with Gasteiger partial charge in [-0.25, -0.2) is 0 Å². The summed E-state index contributed by atoms with van der Waals surface area (Å²) < 4.78 is 0. The molecule has 0 amide bonds. The van der Waals surface area contributed by atoms with Gasteiger partial charge in [0.25, 0.3) is 0 Å². The topological polar surface area (TPSA) is 112 Å². The Bertz CT molecular complexity index is 547. The van der Waals surface area contributed by atoms with Gasteiger partial charge in [0.2, 0.25) is 5.60 Å². The minimum Gasteiger partial charge on any atom is -0.386 e. The first kappa shape index (κ1) is 31.9. The zero-order chi connectivity index (χ0) is 25.1. The highest BCUT2D eigenvalue weighted by molar-refractivity contribution is 6.11. The number of hydrogen-bond donors (Lipinski definition) is 3. The highest BCUT2D eigenvalue weighted by Crippen LogP contribution is 2.24. The third kappa shape index (κ3) is 12.2. The molecule has 0 spiro atoms. The zero-order valence-corrected chi connectivity index (χ0v) is 21.4. The quantitative estimate of drug-likeness (QED) is 0.139. The fraction of sp³-hybridized carbons (Fsp3) is 0.889. The molecule has 0 rings (SSSR count). The van der Waals surface area contributed by atoms with Gasteiger partial charge in [-0.05, 0) is 19.3 Å². The molecule has 194 valence electrons. The molecule has 0 aromatic heterocycles. The van der Waals surface area contributed by atoms with E-state index >= 15 is 0 Å². The molecule has 6 heteroatoms. The second-order valence-electron chi connectivity index (χ2n) is 9.46. The molecule has 3 atom stereocenters. The Morgan fingerprint density at radius 2 is 0.970 bits per heavy atom. The van der Waals surface area contributed by atoms with Crippen LogP contribution in [0.15, 0.2) is 0 Å². The van der Waals surface area contributed by atoms with Crippen molar-refractivity contribution in [2.75, 3.05) is 0 Å². The Hall–Kier alpha value is -1.11. The van der Waals surface area contributed by atoms with E-state index in [1.54, 1.807) is 13.8 Å². The van der Waals surface area contributed by atoms with Crippen LogP contribution in [0.4, 0.5) is 0 Å². The van der Waals surface area contributed by atoms with Crippen LogP contribution in [-0.4, -0.2) is 50.5 Å². The van der Waals surface area contributed by atoms with Crippen LogP contribution in [-0.2, 0) is 14.4 Å². The van der Waals surface area contributed by atoms with E-state index in [9.17, 15) is 29.7 Å². The van der Waals surface area contributed by atoms with E-state index in [0.717, 1.165) is 19.3 Å². The van der Waals surface area contributed by atoms with Crippen LogP contribution < -0.4 is 0 Å². The Kier molecular flexibility index (Phi) is 18.6. The van der Waals surface area contributed by atoms with Gasteiger partial charge in [-0.1, -0.05) is 97.8 Å². The van der Waals surface area contributed by atoms with Crippen molar-refractivity contribution in [2.24, 2.45) is 0 Å². The molecule has 0 heterocycles. The molecule has 6 nitrogen and oxygen atoms in total. The molecule has 0 aromatic rings. The molecule has 0 saturated carbocycles. The lowest BCUT2D eigenvalue weighted by Gasteiger charge is -2.32. The molecule has 0 aromatic carbocycles. The lowest BCUT2D eigenvalue weighted by atomic mass is 9.79. The van der Waals surface area contributed by atoms with Crippen LogP contribution in [0.1, 0.15) is 136 Å². The Balaban J connectivity index is 4.40. The average Bonchev–Trinajstić information content (AvgIpc) is 2.80. The van der Waals surface area contributed by atoms with Gasteiger partial charge in [-0.3, -0.25) is 14.4 Å². The monoisotopic (exact) mass is 470 g/mol. The molecule has 0 aliphatic rings. The molecule has 0 aliphatic heterocycles. The maximum Gasteiger partial charge on any atom is 0.210 e. The van der Waals surface area contributed by atoms with Crippen molar-refractivity contribution in [1.29, 1.82) is 0 Å². The summed E-state index contributed by atoms with van der Waals surface area (Å²) in [5.74, 6) is -2.32. The van der Waals surface area contributed by atoms with E-state index in [1.165, 1.54) is 57.8 Å². The minimum atomic E-state index is -2.73. The van der Waals surface area contributed by atoms with Crippen LogP contribution in [0.3, 0.4) is 0 Å². The Labute approximate surface area is 201 Å². The predicted octanol–water partition coefficient (Wildman–Crippen LogP) is 5.23. The van der Waals surface area contributed by atoms with Gasteiger partial charge in [-0.15, -0.1) is 0 Å². The maximum absolute atomic E-state index is 12.8. The average molecular weight is 471 g/mol. The first-order valence-corrected chi connectivity index (χ1v) is 13.4. The van der Waals surface area contributed by atoms with Crippen molar-refractivity contribution in [1.82, 2.24) is 0 Å². The molecule has 0 saturated heterocycles. The Morgan fingerprint density at radius 1 is 0.576 bits per heavy atom. The van der Waals surface area contributed by atoms with Crippen molar-refractivity contribution in [2.45, 2.75) is 154 Å². The maximum atomic E-state index is 12.8. The SMILES string of the molecule is CCCCCCCCCCCCCCCC(=O)C(O)(C(=O)CCC)C(O)C(O)C(=O)CCC. The molecule has 0 aliphatic carbocycles. The Morgan fingerprint density at radius 3 is 1.39 bits per heavy atom. The highest BCUT2D eigenvalue weighted by Gasteiger charge is 2.52. The second kappa shape index (κ2) is 19.2. The fourth-order valence-corrected chi connectivity index (χ4v) is 4.20. The molecule has 0 bridgehead atoms. The third-order valence-corrected chi connectivity index (χ3v) is 6.39. The van der Waals surface area contributed by atoms with Gasteiger partial charge in [0.05, 0.1) is 0 Å². The van der Waals surface area contributed by atoms with Crippen LogP contribution in [0.2, 0.25) is 0 Å². The lowest BCUT2D eigenvalue weighted by molar-refractivity contribution is -0.174. The number of rotatable bonds is 23. The summed E-state index contributed by atoms with van der Waals surface area (Å²) in [6.45, 7) is 5.69. The summed E-state index contributed by atoms with van der Waals surface area (Å²) in [7, 11) is 0. The minimum absolute atomic E-state index is 0.00330. The summed E-state index contributed by atoms with van der Waals surface area (Å²) in [6.07, 6.45) is 11.6. The summed E-state index contributed by atoms with van der Waals surface area (Å²) in [6, 6.07) is 0. The molecular formula is C27H50O6. The van der Waals surface area contributed by atoms with Crippen molar-refractivity contribution < 1.29 is 29.7 Å². The van der Waals surface area contributed by atoms with Crippen LogP contribution in [0.5, 0.6) is 0 Å². The number of unbranched alkanes of at least 4 members (excludes halogenated alkanes) is 12. The molecule has 0 radical (unpaired) electrons. The first-order chi connectivity index (χ1) is 15.8. The van der Waals surface area contributed by atoms with Gasteiger partial charge in [0.1, 0.15) is 12.2 Å². The second-order valence-corrected chi connectivity index (χ2v) is 9.46. The van der Waals surface area contributed by atoms with Crippen molar-refractivity contribution in [3.05, 3.63) is 0 Å². The number of carbonyl (C=O) groups excluding carboxylic acids is 3. The van der Waals surface area contributed by atoms with Gasteiger partial charge >= 0.3 is 0 Å². The third-order valence-electron chi connectivity index (χ3n) is 6.39. The van der Waals surface area contributed by atoms with E-state index in [-0.39, 0.29) is 19.3 Å². The van der Waals surface area contributed by atoms with E-state index in [1.807, 2.05) is 0 Å². The molecule has 0 fully saturated rings. The number of carbonyl (C=O) groups is 3. The number of Topliss-reactive ketones (excluding diaryl/α,β-unsaturated/α-hetero) is 3. The molecule has 33 heavy (non-hydrogen) atoms. The summed E-state index contributed by atoms with van der Waals surface area (Å²) >= 11 is 0. The van der Waals surface area contributed by atoms with E-state index in [0.29, 0.717) is 19.3 Å².